The molecule has 0 aliphatic carbocycles. The first-order valence-electron chi connectivity index (χ1n) is 15.2. The lowest BCUT2D eigenvalue weighted by atomic mass is 9.99. The minimum Gasteiger partial charge on any atom is -0.457 e. The number of ketones is 1. The Morgan fingerprint density at radius 2 is 1.58 bits per heavy atom. The van der Waals surface area contributed by atoms with Crippen LogP contribution < -0.4 is 5.32 Å². The van der Waals surface area contributed by atoms with Gasteiger partial charge in [0, 0.05) is 16.8 Å². The van der Waals surface area contributed by atoms with Crippen molar-refractivity contribution in [3.63, 3.8) is 0 Å². The van der Waals surface area contributed by atoms with E-state index in [1.165, 1.54) is 17.9 Å². The molecule has 0 atom stereocenters. The average Bonchev–Trinajstić information content (AvgIpc) is 3.58. The van der Waals surface area contributed by atoms with Crippen LogP contribution in [0.1, 0.15) is 47.1 Å². The van der Waals surface area contributed by atoms with Gasteiger partial charge in [-0.25, -0.2) is 0 Å². The number of carbonyl (C=O) groups is 4. The van der Waals surface area contributed by atoms with E-state index in [1.54, 1.807) is 67.6 Å². The zero-order valence-electron chi connectivity index (χ0n) is 26.5. The Hall–Kier alpha value is -5.80. The van der Waals surface area contributed by atoms with Crippen LogP contribution in [0, 0.1) is 0 Å². The largest absolute Gasteiger partial charge is 0.457 e. The smallest absolute Gasteiger partial charge is 0.285 e. The van der Waals surface area contributed by atoms with Gasteiger partial charge in [0.05, 0.1) is 11.8 Å². The summed E-state index contributed by atoms with van der Waals surface area (Å²) in [5.41, 5.74) is 3.39. The zero-order valence-corrected chi connectivity index (χ0v) is 27.3. The molecule has 2 heterocycles. The van der Waals surface area contributed by atoms with E-state index in [9.17, 15) is 19.2 Å². The van der Waals surface area contributed by atoms with Crippen molar-refractivity contribution in [3.8, 4) is 11.3 Å². The second kappa shape index (κ2) is 15.7. The number of amides is 3. The standard InChI is InChI=1S/C39H33N3O5S/c1-4-6-17-31(5-2)42-38(46)33(24-32-22-23-34(47-32)28-20-18-27(19-21-28)26(3)43)37(45)41-39(42)48-25-35(44)40-36(29-13-9-7-10-14-29)30-15-11-8-12-16-30/h4-24,36H,1,25H2,2-3H3,(H,40,44)/b17-6-,31-5+,33-24+. The van der Waals surface area contributed by atoms with Crippen molar-refractivity contribution in [1.82, 2.24) is 10.2 Å². The Labute approximate surface area is 283 Å². The lowest BCUT2D eigenvalue weighted by molar-refractivity contribution is -0.126. The van der Waals surface area contributed by atoms with Crippen LogP contribution in [-0.4, -0.2) is 39.3 Å². The molecule has 1 aliphatic rings. The molecular formula is C39H33N3O5S. The molecule has 9 heteroatoms. The van der Waals surface area contributed by atoms with E-state index in [2.05, 4.69) is 16.9 Å². The highest BCUT2D eigenvalue weighted by molar-refractivity contribution is 8.14. The SMILES string of the molecule is C=C/C=C\C(=C/C)N1C(=O)/C(=C/c2ccc(-c3ccc(C(C)=O)cc3)o2)C(=O)N=C1SCC(=O)NC(c1ccccc1)c1ccccc1. The van der Waals surface area contributed by atoms with Gasteiger partial charge in [0.15, 0.2) is 11.0 Å². The number of furan rings is 1. The summed E-state index contributed by atoms with van der Waals surface area (Å²) in [6, 6.07) is 29.2. The number of benzene rings is 3. The van der Waals surface area contributed by atoms with Gasteiger partial charge in [-0.3, -0.25) is 24.1 Å². The van der Waals surface area contributed by atoms with Crippen LogP contribution in [0.4, 0.5) is 0 Å². The summed E-state index contributed by atoms with van der Waals surface area (Å²) in [6.07, 6.45) is 7.97. The third-order valence-electron chi connectivity index (χ3n) is 7.40. The molecular weight excluding hydrogens is 623 g/mol. The van der Waals surface area contributed by atoms with Crippen molar-refractivity contribution in [3.05, 3.63) is 162 Å². The second-order valence-corrected chi connectivity index (χ2v) is 11.6. The number of thioether (sulfide) groups is 1. The van der Waals surface area contributed by atoms with Crippen molar-refractivity contribution < 1.29 is 23.6 Å². The van der Waals surface area contributed by atoms with E-state index in [1.807, 2.05) is 60.7 Å². The minimum absolute atomic E-state index is 0.0454. The average molecular weight is 656 g/mol. The van der Waals surface area contributed by atoms with Gasteiger partial charge in [-0.2, -0.15) is 4.99 Å². The Balaban J connectivity index is 1.40. The summed E-state index contributed by atoms with van der Waals surface area (Å²) in [5.74, 6) is -1.03. The molecule has 8 nitrogen and oxygen atoms in total. The third-order valence-corrected chi connectivity index (χ3v) is 8.34. The number of carbonyl (C=O) groups excluding carboxylic acids is 4. The number of nitrogens with zero attached hydrogens (tertiary/aromatic N) is 2. The Morgan fingerprint density at radius 3 is 2.17 bits per heavy atom. The molecule has 0 unspecified atom stereocenters. The Kier molecular flexibility index (Phi) is 11.0. The van der Waals surface area contributed by atoms with E-state index in [0.717, 1.165) is 28.5 Å². The van der Waals surface area contributed by atoms with Crippen LogP contribution in [0.3, 0.4) is 0 Å². The number of hydrogen-bond acceptors (Lipinski definition) is 6. The summed E-state index contributed by atoms with van der Waals surface area (Å²) < 4.78 is 5.94. The van der Waals surface area contributed by atoms with Crippen molar-refractivity contribution in [2.24, 2.45) is 4.99 Å². The maximum atomic E-state index is 14.0. The van der Waals surface area contributed by atoms with Gasteiger partial charge in [0.2, 0.25) is 5.91 Å². The van der Waals surface area contributed by atoms with Crippen LogP contribution in [0.15, 0.2) is 149 Å². The molecule has 5 rings (SSSR count). The molecule has 1 aliphatic heterocycles. The quantitative estimate of drug-likeness (QED) is 0.0774. The molecule has 0 bridgehead atoms. The predicted octanol–water partition coefficient (Wildman–Crippen LogP) is 7.54. The van der Waals surface area contributed by atoms with E-state index in [-0.39, 0.29) is 33.9 Å². The first-order valence-corrected chi connectivity index (χ1v) is 16.2. The lowest BCUT2D eigenvalue weighted by Crippen LogP contribution is -2.42. The molecule has 1 N–H and O–H groups in total. The highest BCUT2D eigenvalue weighted by Crippen LogP contribution is 2.29. The van der Waals surface area contributed by atoms with Crippen molar-refractivity contribution in [1.29, 1.82) is 0 Å². The van der Waals surface area contributed by atoms with Gasteiger partial charge >= 0.3 is 0 Å². The van der Waals surface area contributed by atoms with Gasteiger partial charge in [0.1, 0.15) is 17.1 Å². The van der Waals surface area contributed by atoms with Gasteiger partial charge in [0.25, 0.3) is 11.8 Å². The summed E-state index contributed by atoms with van der Waals surface area (Å²) in [6.45, 7) is 6.96. The molecule has 0 saturated heterocycles. The molecule has 3 aromatic carbocycles. The Bertz CT molecular complexity index is 1920. The first kappa shape index (κ1) is 33.6. The molecule has 0 saturated carbocycles. The number of aliphatic imine (C=N–C) groups is 1. The Morgan fingerprint density at radius 1 is 0.938 bits per heavy atom. The fourth-order valence-electron chi connectivity index (χ4n) is 4.99. The molecule has 0 spiro atoms. The van der Waals surface area contributed by atoms with Gasteiger partial charge in [-0.15, -0.1) is 0 Å². The third kappa shape index (κ3) is 7.94. The highest BCUT2D eigenvalue weighted by Gasteiger charge is 2.35. The fraction of sp³-hybridized carbons (Fsp3) is 0.103. The lowest BCUT2D eigenvalue weighted by Gasteiger charge is -2.28. The van der Waals surface area contributed by atoms with E-state index < -0.39 is 17.9 Å². The topological polar surface area (TPSA) is 109 Å². The minimum atomic E-state index is -0.752. The maximum Gasteiger partial charge on any atom is 0.285 e. The van der Waals surface area contributed by atoms with E-state index >= 15 is 0 Å². The number of hydrogen-bond donors (Lipinski definition) is 1. The fourth-order valence-corrected chi connectivity index (χ4v) is 5.80. The van der Waals surface area contributed by atoms with Crippen molar-refractivity contribution in [2.75, 3.05) is 5.75 Å². The number of Topliss-reactive ketones (excluding diaryl/α,β-unsaturated/α-hetero) is 1. The molecule has 3 amide bonds. The highest BCUT2D eigenvalue weighted by atomic mass is 32.2. The van der Waals surface area contributed by atoms with E-state index in [0.29, 0.717) is 17.0 Å². The van der Waals surface area contributed by atoms with Crippen molar-refractivity contribution in [2.45, 2.75) is 19.9 Å². The molecule has 240 valence electrons. The number of nitrogens with one attached hydrogen (secondary N) is 1. The van der Waals surface area contributed by atoms with Crippen LogP contribution in [0.2, 0.25) is 0 Å². The summed E-state index contributed by atoms with van der Waals surface area (Å²) >= 11 is 0.990. The van der Waals surface area contributed by atoms with Gasteiger partial charge in [-0.1, -0.05) is 121 Å². The van der Waals surface area contributed by atoms with E-state index in [4.69, 9.17) is 4.42 Å². The van der Waals surface area contributed by atoms with Crippen LogP contribution in [0.25, 0.3) is 17.4 Å². The zero-order chi connectivity index (χ0) is 34.0. The number of rotatable bonds is 11. The maximum absolute atomic E-state index is 14.0. The molecule has 1 aromatic heterocycles. The molecule has 0 fully saturated rings. The van der Waals surface area contributed by atoms with Crippen LogP contribution in [-0.2, 0) is 14.4 Å². The van der Waals surface area contributed by atoms with Gasteiger partial charge in [-0.05, 0) is 49.3 Å². The summed E-state index contributed by atoms with van der Waals surface area (Å²) in [7, 11) is 0. The van der Waals surface area contributed by atoms with Gasteiger partial charge < -0.3 is 9.73 Å². The predicted molar refractivity (Wildman–Crippen MR) is 190 cm³/mol. The number of allylic oxidation sites excluding steroid dienone is 4. The summed E-state index contributed by atoms with van der Waals surface area (Å²) in [5, 5.41) is 3.15. The molecule has 0 radical (unpaired) electrons. The molecule has 48 heavy (non-hydrogen) atoms. The normalized spacial score (nSPS) is 14.5. The van der Waals surface area contributed by atoms with Crippen molar-refractivity contribution >= 4 is 46.5 Å². The monoisotopic (exact) mass is 655 g/mol. The second-order valence-electron chi connectivity index (χ2n) is 10.7. The molecule has 4 aromatic rings. The number of amidine groups is 1. The van der Waals surface area contributed by atoms with Crippen LogP contribution >= 0.6 is 11.8 Å². The first-order chi connectivity index (χ1) is 23.3. The van der Waals surface area contributed by atoms with Crippen LogP contribution in [0.5, 0.6) is 0 Å². The summed E-state index contributed by atoms with van der Waals surface area (Å²) in [4.78, 5) is 57.8.